The first-order chi connectivity index (χ1) is 11.6. The number of anilines is 1. The van der Waals surface area contributed by atoms with E-state index in [9.17, 15) is 4.79 Å². The number of rotatable bonds is 4. The monoisotopic (exact) mass is 417 g/mol. The van der Waals surface area contributed by atoms with Crippen LogP contribution in [0.25, 0.3) is 0 Å². The molecule has 3 rings (SSSR count). The molecule has 1 aromatic heterocycles. The summed E-state index contributed by atoms with van der Waals surface area (Å²) in [7, 11) is 0. The highest BCUT2D eigenvalue weighted by Gasteiger charge is 2.27. The van der Waals surface area contributed by atoms with Gasteiger partial charge >= 0.3 is 0 Å². The van der Waals surface area contributed by atoms with Crippen LogP contribution in [-0.2, 0) is 11.2 Å². The second-order valence-electron chi connectivity index (χ2n) is 6.05. The number of carbonyl (C=O) groups excluding carboxylic acids is 1. The average Bonchev–Trinajstić information content (AvgIpc) is 3.10. The van der Waals surface area contributed by atoms with E-state index in [0.717, 1.165) is 41.6 Å². The number of aromatic nitrogens is 2. The van der Waals surface area contributed by atoms with E-state index in [4.69, 9.17) is 5.73 Å². The molecule has 0 radical (unpaired) electrons. The molecule has 6 nitrogen and oxygen atoms in total. The smallest absolute Gasteiger partial charge is 0.244 e. The molecule has 1 aromatic carbocycles. The number of carbonyl (C=O) groups is 1. The first-order valence-electron chi connectivity index (χ1n) is 8.27. The highest BCUT2D eigenvalue weighted by atomic mass is 35.5. The van der Waals surface area contributed by atoms with Crippen LogP contribution in [0, 0.1) is 6.92 Å². The van der Waals surface area contributed by atoms with Gasteiger partial charge in [0.05, 0.1) is 0 Å². The summed E-state index contributed by atoms with van der Waals surface area (Å²) in [5.74, 6) is 0.875. The van der Waals surface area contributed by atoms with E-state index < -0.39 is 6.04 Å². The Hall–Kier alpha value is -1.41. The minimum atomic E-state index is -0.592. The number of piperazine rings is 1. The van der Waals surface area contributed by atoms with Crippen molar-refractivity contribution in [2.24, 2.45) is 5.73 Å². The Kier molecular flexibility index (Phi) is 8.76. The number of nitrogens with zero attached hydrogens (tertiary/aromatic N) is 4. The summed E-state index contributed by atoms with van der Waals surface area (Å²) in [5.41, 5.74) is 8.19. The lowest BCUT2D eigenvalue weighted by atomic mass is 10.0. The van der Waals surface area contributed by atoms with Crippen LogP contribution < -0.4 is 10.6 Å². The SMILES string of the molecule is CCc1nsc(N2CCN(C(=O)C(N)c3ccc(C)cc3)CC2)n1.Cl.Cl. The van der Waals surface area contributed by atoms with Gasteiger partial charge in [0.25, 0.3) is 0 Å². The molecule has 0 aliphatic carbocycles. The molecule has 9 heteroatoms. The molecule has 0 bridgehead atoms. The largest absolute Gasteiger partial charge is 0.343 e. The van der Waals surface area contributed by atoms with E-state index in [1.165, 1.54) is 11.5 Å². The van der Waals surface area contributed by atoms with Crippen molar-refractivity contribution in [1.29, 1.82) is 0 Å². The normalized spacial score (nSPS) is 15.0. The molecule has 1 amide bonds. The van der Waals surface area contributed by atoms with Crippen LogP contribution in [0.1, 0.15) is 29.9 Å². The van der Waals surface area contributed by atoms with Gasteiger partial charge in [-0.05, 0) is 12.5 Å². The van der Waals surface area contributed by atoms with Crippen molar-refractivity contribution in [3.05, 3.63) is 41.2 Å². The first kappa shape index (κ1) is 22.6. The minimum absolute atomic E-state index is 0. The van der Waals surface area contributed by atoms with Gasteiger partial charge in [0.2, 0.25) is 11.0 Å². The van der Waals surface area contributed by atoms with E-state index in [0.29, 0.717) is 13.1 Å². The van der Waals surface area contributed by atoms with Crippen molar-refractivity contribution in [2.45, 2.75) is 26.3 Å². The zero-order chi connectivity index (χ0) is 17.1. The van der Waals surface area contributed by atoms with Gasteiger partial charge in [0.15, 0.2) is 0 Å². The van der Waals surface area contributed by atoms with Gasteiger partial charge in [-0.2, -0.15) is 4.37 Å². The summed E-state index contributed by atoms with van der Waals surface area (Å²) in [4.78, 5) is 21.2. The molecule has 1 aliphatic heterocycles. The predicted molar refractivity (Wildman–Crippen MR) is 111 cm³/mol. The van der Waals surface area contributed by atoms with Crippen molar-refractivity contribution in [3.63, 3.8) is 0 Å². The Balaban J connectivity index is 0.00000169. The maximum atomic E-state index is 12.6. The summed E-state index contributed by atoms with van der Waals surface area (Å²) in [6.07, 6.45) is 0.848. The number of halogens is 2. The lowest BCUT2D eigenvalue weighted by Crippen LogP contribution is -2.51. The van der Waals surface area contributed by atoms with Crippen LogP contribution in [0.5, 0.6) is 0 Å². The minimum Gasteiger partial charge on any atom is -0.343 e. The predicted octanol–water partition coefficient (Wildman–Crippen LogP) is 2.60. The van der Waals surface area contributed by atoms with Crippen LogP contribution in [0.3, 0.4) is 0 Å². The second-order valence-corrected chi connectivity index (χ2v) is 6.78. The van der Waals surface area contributed by atoms with Crippen molar-refractivity contribution in [1.82, 2.24) is 14.3 Å². The zero-order valence-electron chi connectivity index (χ0n) is 14.9. The molecular formula is C17H25Cl2N5OS. The number of hydrogen-bond donors (Lipinski definition) is 1. The van der Waals surface area contributed by atoms with Crippen LogP contribution >= 0.6 is 36.3 Å². The summed E-state index contributed by atoms with van der Waals surface area (Å²) in [6.45, 7) is 6.94. The molecule has 1 atom stereocenters. The molecule has 26 heavy (non-hydrogen) atoms. The van der Waals surface area contributed by atoms with Gasteiger partial charge in [-0.3, -0.25) is 4.79 Å². The molecule has 0 spiro atoms. The third-order valence-corrected chi connectivity index (χ3v) is 5.15. The molecule has 2 N–H and O–H groups in total. The van der Waals surface area contributed by atoms with Crippen LogP contribution in [0.2, 0.25) is 0 Å². The van der Waals surface area contributed by atoms with Crippen LogP contribution in [-0.4, -0.2) is 46.3 Å². The van der Waals surface area contributed by atoms with E-state index in [1.807, 2.05) is 36.1 Å². The van der Waals surface area contributed by atoms with E-state index in [2.05, 4.69) is 21.2 Å². The number of hydrogen-bond acceptors (Lipinski definition) is 6. The van der Waals surface area contributed by atoms with Crippen LogP contribution in [0.4, 0.5) is 5.13 Å². The fraction of sp³-hybridized carbons (Fsp3) is 0.471. The molecule has 2 heterocycles. The third-order valence-electron chi connectivity index (χ3n) is 4.34. The Morgan fingerprint density at radius 3 is 2.35 bits per heavy atom. The topological polar surface area (TPSA) is 75.4 Å². The molecule has 1 unspecified atom stereocenters. The maximum Gasteiger partial charge on any atom is 0.244 e. The van der Waals surface area contributed by atoms with Gasteiger partial charge < -0.3 is 15.5 Å². The standard InChI is InChI=1S/C17H23N5OS.2ClH/c1-3-14-19-17(24-20-14)22-10-8-21(9-11-22)16(23)15(18)13-6-4-12(2)5-7-13;;/h4-7,15H,3,8-11,18H2,1-2H3;2*1H. The Labute approximate surface area is 170 Å². The van der Waals surface area contributed by atoms with E-state index in [1.54, 1.807) is 0 Å². The number of aryl methyl sites for hydroxylation is 2. The van der Waals surface area contributed by atoms with Gasteiger partial charge in [-0.1, -0.05) is 36.8 Å². The van der Waals surface area contributed by atoms with Crippen LogP contribution in [0.15, 0.2) is 24.3 Å². The maximum absolute atomic E-state index is 12.6. The molecule has 2 aromatic rings. The Bertz CT molecular complexity index is 701. The summed E-state index contributed by atoms with van der Waals surface area (Å²) in [6, 6.07) is 7.25. The lowest BCUT2D eigenvalue weighted by molar-refractivity contribution is -0.133. The fourth-order valence-corrected chi connectivity index (χ4v) is 3.55. The molecule has 1 aliphatic rings. The lowest BCUT2D eigenvalue weighted by Gasteiger charge is -2.35. The number of benzene rings is 1. The molecular weight excluding hydrogens is 393 g/mol. The third kappa shape index (κ3) is 5.07. The summed E-state index contributed by atoms with van der Waals surface area (Å²) >= 11 is 1.43. The van der Waals surface area contributed by atoms with Crippen molar-refractivity contribution in [2.75, 3.05) is 31.1 Å². The van der Waals surface area contributed by atoms with Crippen molar-refractivity contribution < 1.29 is 4.79 Å². The van der Waals surface area contributed by atoms with E-state index >= 15 is 0 Å². The quantitative estimate of drug-likeness (QED) is 0.826. The molecule has 144 valence electrons. The molecule has 1 fully saturated rings. The molecule has 1 saturated heterocycles. The number of amides is 1. The average molecular weight is 418 g/mol. The first-order valence-corrected chi connectivity index (χ1v) is 9.04. The zero-order valence-corrected chi connectivity index (χ0v) is 17.4. The van der Waals surface area contributed by atoms with Crippen molar-refractivity contribution >= 4 is 47.4 Å². The molecule has 0 saturated carbocycles. The highest BCUT2D eigenvalue weighted by molar-refractivity contribution is 7.09. The van der Waals surface area contributed by atoms with Gasteiger partial charge in [-0.15, -0.1) is 24.8 Å². The van der Waals surface area contributed by atoms with Crippen molar-refractivity contribution in [3.8, 4) is 0 Å². The van der Waals surface area contributed by atoms with E-state index in [-0.39, 0.29) is 30.7 Å². The van der Waals surface area contributed by atoms with Gasteiger partial charge in [0.1, 0.15) is 11.9 Å². The van der Waals surface area contributed by atoms with Gasteiger partial charge in [-0.25, -0.2) is 4.98 Å². The number of nitrogens with two attached hydrogens (primary N) is 1. The Morgan fingerprint density at radius 2 is 1.81 bits per heavy atom. The fourth-order valence-electron chi connectivity index (χ4n) is 2.75. The highest BCUT2D eigenvalue weighted by Crippen LogP contribution is 2.21. The summed E-state index contributed by atoms with van der Waals surface area (Å²) in [5, 5.41) is 0.946. The summed E-state index contributed by atoms with van der Waals surface area (Å²) < 4.78 is 4.33. The second kappa shape index (κ2) is 10.1. The Morgan fingerprint density at radius 1 is 1.19 bits per heavy atom. The van der Waals surface area contributed by atoms with Gasteiger partial charge in [0, 0.05) is 44.1 Å².